The van der Waals surface area contributed by atoms with E-state index in [1.807, 2.05) is 35.2 Å². The maximum Gasteiger partial charge on any atom is 0.228 e. The number of nitrogens with zero attached hydrogens (tertiary/aromatic N) is 1. The molecule has 2 aromatic rings. The third-order valence-corrected chi connectivity index (χ3v) is 5.53. The molecule has 26 heavy (non-hydrogen) atoms. The van der Waals surface area contributed by atoms with Crippen molar-refractivity contribution in [3.63, 3.8) is 0 Å². The second kappa shape index (κ2) is 6.56. The zero-order chi connectivity index (χ0) is 18.1. The molecule has 0 bridgehead atoms. The molecule has 2 atom stereocenters. The van der Waals surface area contributed by atoms with Crippen LogP contribution in [0.2, 0.25) is 0 Å². The van der Waals surface area contributed by atoms with Crippen molar-refractivity contribution < 1.29 is 14.0 Å². The summed E-state index contributed by atoms with van der Waals surface area (Å²) in [5.41, 5.74) is 1.39. The van der Waals surface area contributed by atoms with Gasteiger partial charge in [0.15, 0.2) is 0 Å². The second-order valence-corrected chi connectivity index (χ2v) is 7.35. The van der Waals surface area contributed by atoms with Crippen molar-refractivity contribution in [2.75, 3.05) is 18.4 Å². The summed E-state index contributed by atoms with van der Waals surface area (Å²) >= 11 is 0. The van der Waals surface area contributed by atoms with Gasteiger partial charge in [0.05, 0.1) is 6.42 Å². The van der Waals surface area contributed by atoms with Gasteiger partial charge in [-0.2, -0.15) is 0 Å². The number of hydrogen-bond acceptors (Lipinski definition) is 2. The minimum absolute atomic E-state index is 0.0760. The lowest BCUT2D eigenvalue weighted by Gasteiger charge is -2.17. The topological polar surface area (TPSA) is 49.4 Å². The first-order chi connectivity index (χ1) is 12.6. The molecule has 0 aromatic heterocycles. The molecule has 2 aromatic carbocycles. The number of anilines is 1. The number of halogens is 1. The Morgan fingerprint density at radius 2 is 1.96 bits per heavy atom. The summed E-state index contributed by atoms with van der Waals surface area (Å²) in [6.07, 6.45) is 2.05. The lowest BCUT2D eigenvalue weighted by Crippen LogP contribution is -2.31. The zero-order valence-corrected chi connectivity index (χ0v) is 14.5. The van der Waals surface area contributed by atoms with Gasteiger partial charge in [0.2, 0.25) is 11.8 Å². The smallest absolute Gasteiger partial charge is 0.228 e. The molecule has 4 nitrogen and oxygen atoms in total. The van der Waals surface area contributed by atoms with Gasteiger partial charge in [-0.15, -0.1) is 0 Å². The van der Waals surface area contributed by atoms with Gasteiger partial charge in [-0.3, -0.25) is 9.59 Å². The lowest BCUT2D eigenvalue weighted by molar-refractivity contribution is -0.129. The Bertz CT molecular complexity index is 839. The highest BCUT2D eigenvalue weighted by Crippen LogP contribution is 2.58. The van der Waals surface area contributed by atoms with Crippen molar-refractivity contribution in [3.05, 3.63) is 66.0 Å². The normalized spacial score (nSPS) is 23.9. The molecule has 1 aliphatic heterocycles. The molecule has 134 valence electrons. The average Bonchev–Trinajstić information content (AvgIpc) is 3.16. The fourth-order valence-electron chi connectivity index (χ4n) is 3.96. The van der Waals surface area contributed by atoms with Gasteiger partial charge >= 0.3 is 0 Å². The summed E-state index contributed by atoms with van der Waals surface area (Å²) in [5, 5.41) is 2.80. The highest BCUT2D eigenvalue weighted by Gasteiger charge is 2.61. The first-order valence-corrected chi connectivity index (χ1v) is 8.94. The quantitative estimate of drug-likeness (QED) is 0.918. The van der Waals surface area contributed by atoms with Crippen molar-refractivity contribution in [2.24, 2.45) is 11.3 Å². The van der Waals surface area contributed by atoms with Crippen LogP contribution in [-0.2, 0) is 16.0 Å². The average molecular weight is 352 g/mol. The summed E-state index contributed by atoms with van der Waals surface area (Å²) in [6.45, 7) is 1.34. The van der Waals surface area contributed by atoms with Crippen LogP contribution in [0.25, 0.3) is 0 Å². The van der Waals surface area contributed by atoms with Crippen molar-refractivity contribution in [1.29, 1.82) is 0 Å². The van der Waals surface area contributed by atoms with E-state index in [2.05, 4.69) is 5.32 Å². The molecule has 2 amide bonds. The molecule has 5 heteroatoms. The summed E-state index contributed by atoms with van der Waals surface area (Å²) in [4.78, 5) is 26.9. The molecule has 2 fully saturated rings. The van der Waals surface area contributed by atoms with Crippen LogP contribution in [0.15, 0.2) is 54.6 Å². The highest BCUT2D eigenvalue weighted by atomic mass is 19.1. The predicted molar refractivity (Wildman–Crippen MR) is 96.9 cm³/mol. The molecule has 1 aliphatic carbocycles. The summed E-state index contributed by atoms with van der Waals surface area (Å²) in [6, 6.07) is 15.6. The van der Waals surface area contributed by atoms with Crippen LogP contribution >= 0.6 is 0 Å². The van der Waals surface area contributed by atoms with Crippen LogP contribution in [0, 0.1) is 17.2 Å². The molecular formula is C21H21FN2O2. The number of nitrogens with one attached hydrogen (secondary N) is 1. The van der Waals surface area contributed by atoms with E-state index in [1.165, 1.54) is 12.1 Å². The Kier molecular flexibility index (Phi) is 4.23. The summed E-state index contributed by atoms with van der Waals surface area (Å²) in [5.74, 6) is -0.427. The Hall–Kier alpha value is -2.69. The van der Waals surface area contributed by atoms with Gasteiger partial charge in [0.1, 0.15) is 5.82 Å². The van der Waals surface area contributed by atoms with Gasteiger partial charge in [0, 0.05) is 30.1 Å². The molecule has 0 radical (unpaired) electrons. The first-order valence-electron chi connectivity index (χ1n) is 8.94. The van der Waals surface area contributed by atoms with Gasteiger partial charge < -0.3 is 10.2 Å². The molecule has 1 saturated carbocycles. The van der Waals surface area contributed by atoms with Crippen molar-refractivity contribution >= 4 is 17.5 Å². The molecule has 2 aliphatic rings. The number of hydrogen-bond donors (Lipinski definition) is 1. The van der Waals surface area contributed by atoms with Crippen molar-refractivity contribution in [2.45, 2.75) is 19.3 Å². The number of rotatable bonds is 4. The van der Waals surface area contributed by atoms with E-state index >= 15 is 0 Å². The van der Waals surface area contributed by atoms with Crippen LogP contribution < -0.4 is 5.32 Å². The Morgan fingerprint density at radius 3 is 2.73 bits per heavy atom. The van der Waals surface area contributed by atoms with Gasteiger partial charge in [-0.1, -0.05) is 36.4 Å². The zero-order valence-electron chi connectivity index (χ0n) is 14.5. The number of carbonyl (C=O) groups excluding carboxylic acids is 2. The molecule has 0 unspecified atom stereocenters. The molecule has 1 saturated heterocycles. The summed E-state index contributed by atoms with van der Waals surface area (Å²) < 4.78 is 13.3. The Balaban J connectivity index is 1.34. The van der Waals surface area contributed by atoms with Crippen LogP contribution in [0.3, 0.4) is 0 Å². The standard InChI is InChI=1S/C21H21FN2O2/c22-16-7-4-8-17(12-16)23-20(26)18-13-21(18)9-10-24(14-21)19(25)11-15-5-2-1-3-6-15/h1-8,12,18H,9-11,13-14H2,(H,23,26)/t18-,21+/m1/s1. The van der Waals surface area contributed by atoms with Crippen LogP contribution in [0.4, 0.5) is 10.1 Å². The summed E-state index contributed by atoms with van der Waals surface area (Å²) in [7, 11) is 0. The van der Waals surface area contributed by atoms with Crippen molar-refractivity contribution in [3.8, 4) is 0 Å². The maximum atomic E-state index is 13.3. The lowest BCUT2D eigenvalue weighted by atomic mass is 10.0. The number of carbonyl (C=O) groups is 2. The minimum Gasteiger partial charge on any atom is -0.342 e. The van der Waals surface area contributed by atoms with E-state index in [4.69, 9.17) is 0 Å². The van der Waals surface area contributed by atoms with E-state index in [0.29, 0.717) is 25.2 Å². The van der Waals surface area contributed by atoms with E-state index < -0.39 is 0 Å². The third kappa shape index (κ3) is 3.34. The van der Waals surface area contributed by atoms with Crippen molar-refractivity contribution in [1.82, 2.24) is 4.90 Å². The van der Waals surface area contributed by atoms with Crippen LogP contribution in [-0.4, -0.2) is 29.8 Å². The SMILES string of the molecule is O=C(Nc1cccc(F)c1)[C@H]1C[C@]12CCN(C(=O)Cc1ccccc1)C2. The molecule has 1 heterocycles. The Labute approximate surface area is 152 Å². The second-order valence-electron chi connectivity index (χ2n) is 7.35. The number of benzene rings is 2. The molecule has 4 rings (SSSR count). The third-order valence-electron chi connectivity index (χ3n) is 5.53. The molecular weight excluding hydrogens is 331 g/mol. The fourth-order valence-corrected chi connectivity index (χ4v) is 3.96. The first kappa shape index (κ1) is 16.8. The largest absolute Gasteiger partial charge is 0.342 e. The van der Waals surface area contributed by atoms with Gasteiger partial charge in [-0.25, -0.2) is 4.39 Å². The number of amides is 2. The van der Waals surface area contributed by atoms with E-state index in [-0.39, 0.29) is 29.0 Å². The van der Waals surface area contributed by atoms with E-state index in [0.717, 1.165) is 18.4 Å². The Morgan fingerprint density at radius 1 is 1.15 bits per heavy atom. The monoisotopic (exact) mass is 352 g/mol. The highest BCUT2D eigenvalue weighted by molar-refractivity contribution is 5.95. The fraction of sp³-hybridized carbons (Fsp3) is 0.333. The van der Waals surface area contributed by atoms with Gasteiger partial charge in [0.25, 0.3) is 0 Å². The molecule has 1 spiro atoms. The van der Waals surface area contributed by atoms with Gasteiger partial charge in [-0.05, 0) is 36.6 Å². The van der Waals surface area contributed by atoms with E-state index in [9.17, 15) is 14.0 Å². The maximum absolute atomic E-state index is 13.3. The van der Waals surface area contributed by atoms with E-state index in [1.54, 1.807) is 12.1 Å². The van der Waals surface area contributed by atoms with Crippen LogP contribution in [0.1, 0.15) is 18.4 Å². The molecule has 1 N–H and O–H groups in total. The van der Waals surface area contributed by atoms with Crippen LogP contribution in [0.5, 0.6) is 0 Å². The number of likely N-dealkylation sites (tertiary alicyclic amines) is 1. The predicted octanol–water partition coefficient (Wildman–Crippen LogP) is 3.25. The minimum atomic E-state index is -0.369.